The number of hydrogen-bond donors (Lipinski definition) is 0. The normalized spacial score (nSPS) is 15.5. The Morgan fingerprint density at radius 2 is 0.878 bits per heavy atom. The average Bonchev–Trinajstić information content (AvgIpc) is 3.60. The Balaban J connectivity index is 1.32. The molecule has 0 saturated heterocycles. The lowest BCUT2D eigenvalue weighted by atomic mass is 9.80. The first kappa shape index (κ1) is 24.7. The standard InChI is InChI=1S/C38H32N2S/c1-21-22(2)34(24-16-18-28-26-12-8-10-14-30(26)38(5,6)32(28)20-24)36-35(39-41-40-36)33(21)23-15-17-27-25-11-7-9-13-29(25)37(3,4)31(27)19-23/h7-20H,1-6H3. The van der Waals surface area contributed by atoms with Crippen molar-refractivity contribution < 1.29 is 0 Å². The van der Waals surface area contributed by atoms with Crippen LogP contribution in [-0.2, 0) is 10.8 Å². The Morgan fingerprint density at radius 3 is 1.32 bits per heavy atom. The molecule has 41 heavy (non-hydrogen) atoms. The highest BCUT2D eigenvalue weighted by Gasteiger charge is 2.37. The molecule has 2 nitrogen and oxygen atoms in total. The van der Waals surface area contributed by atoms with Gasteiger partial charge in [0.2, 0.25) is 0 Å². The smallest absolute Gasteiger partial charge is 0.113 e. The molecule has 1 heterocycles. The van der Waals surface area contributed by atoms with Crippen LogP contribution in [0, 0.1) is 13.8 Å². The van der Waals surface area contributed by atoms with E-state index < -0.39 is 0 Å². The Morgan fingerprint density at radius 1 is 0.488 bits per heavy atom. The molecule has 6 aromatic rings. The van der Waals surface area contributed by atoms with Gasteiger partial charge >= 0.3 is 0 Å². The van der Waals surface area contributed by atoms with Crippen LogP contribution in [0.3, 0.4) is 0 Å². The summed E-state index contributed by atoms with van der Waals surface area (Å²) in [6.07, 6.45) is 0. The number of fused-ring (bicyclic) bond motifs is 7. The second-order valence-electron chi connectivity index (χ2n) is 12.8. The minimum atomic E-state index is -0.0426. The molecule has 1 aromatic heterocycles. The molecule has 0 amide bonds. The molecule has 5 aromatic carbocycles. The fourth-order valence-corrected chi connectivity index (χ4v) is 8.23. The lowest BCUT2D eigenvalue weighted by Crippen LogP contribution is -2.15. The first-order chi connectivity index (χ1) is 19.7. The molecule has 0 N–H and O–H groups in total. The van der Waals surface area contributed by atoms with Gasteiger partial charge in [0.15, 0.2) is 0 Å². The molecule has 0 saturated carbocycles. The van der Waals surface area contributed by atoms with Crippen molar-refractivity contribution in [1.82, 2.24) is 8.75 Å². The van der Waals surface area contributed by atoms with Gasteiger partial charge in [-0.3, -0.25) is 0 Å². The van der Waals surface area contributed by atoms with Crippen LogP contribution >= 0.6 is 11.7 Å². The van der Waals surface area contributed by atoms with E-state index in [0.29, 0.717) is 0 Å². The van der Waals surface area contributed by atoms with Gasteiger partial charge in [-0.05, 0) is 92.7 Å². The highest BCUT2D eigenvalue weighted by Crippen LogP contribution is 2.52. The summed E-state index contributed by atoms with van der Waals surface area (Å²) in [6, 6.07) is 31.7. The van der Waals surface area contributed by atoms with E-state index in [1.165, 1.54) is 89.6 Å². The number of aromatic nitrogens is 2. The zero-order chi connectivity index (χ0) is 28.3. The van der Waals surface area contributed by atoms with Crippen molar-refractivity contribution in [2.45, 2.75) is 52.4 Å². The van der Waals surface area contributed by atoms with Gasteiger partial charge in [-0.25, -0.2) is 0 Å². The third-order valence-electron chi connectivity index (χ3n) is 10.0. The van der Waals surface area contributed by atoms with Crippen molar-refractivity contribution in [3.63, 3.8) is 0 Å². The summed E-state index contributed by atoms with van der Waals surface area (Å²) in [5.74, 6) is 0. The van der Waals surface area contributed by atoms with E-state index in [1.54, 1.807) is 0 Å². The van der Waals surface area contributed by atoms with E-state index >= 15 is 0 Å². The highest BCUT2D eigenvalue weighted by atomic mass is 32.1. The van der Waals surface area contributed by atoms with Gasteiger partial charge in [0.1, 0.15) is 11.0 Å². The van der Waals surface area contributed by atoms with Gasteiger partial charge in [0.05, 0.1) is 11.7 Å². The quantitative estimate of drug-likeness (QED) is 0.215. The van der Waals surface area contributed by atoms with Crippen LogP contribution < -0.4 is 0 Å². The first-order valence-electron chi connectivity index (χ1n) is 14.4. The van der Waals surface area contributed by atoms with Crippen LogP contribution in [0.1, 0.15) is 61.1 Å². The monoisotopic (exact) mass is 548 g/mol. The van der Waals surface area contributed by atoms with Crippen LogP contribution in [0.15, 0.2) is 84.9 Å². The zero-order valence-corrected chi connectivity index (χ0v) is 25.2. The molecule has 0 unspecified atom stereocenters. The predicted octanol–water partition coefficient (Wildman–Crippen LogP) is 10.3. The fraction of sp³-hybridized carbons (Fsp3) is 0.211. The van der Waals surface area contributed by atoms with E-state index in [-0.39, 0.29) is 10.8 Å². The Kier molecular flexibility index (Phi) is 4.96. The van der Waals surface area contributed by atoms with Gasteiger partial charge in [0.25, 0.3) is 0 Å². The van der Waals surface area contributed by atoms with Gasteiger partial charge in [0, 0.05) is 22.0 Å². The molecule has 0 atom stereocenters. The second kappa shape index (κ2) is 8.24. The Hall–Kier alpha value is -4.08. The van der Waals surface area contributed by atoms with Crippen LogP contribution in [0.25, 0.3) is 55.5 Å². The third kappa shape index (κ3) is 3.18. The summed E-state index contributed by atoms with van der Waals surface area (Å²) in [7, 11) is 0. The van der Waals surface area contributed by atoms with Crippen molar-refractivity contribution >= 4 is 22.8 Å². The van der Waals surface area contributed by atoms with E-state index in [9.17, 15) is 0 Å². The first-order valence-corrected chi connectivity index (χ1v) is 15.2. The van der Waals surface area contributed by atoms with Crippen LogP contribution in [0.5, 0.6) is 0 Å². The molecule has 0 radical (unpaired) electrons. The van der Waals surface area contributed by atoms with Gasteiger partial charge in [-0.1, -0.05) is 100 Å². The maximum atomic E-state index is 4.92. The van der Waals surface area contributed by atoms with Crippen LogP contribution in [0.4, 0.5) is 0 Å². The number of rotatable bonds is 2. The van der Waals surface area contributed by atoms with Crippen molar-refractivity contribution in [2.75, 3.05) is 0 Å². The number of benzene rings is 5. The molecule has 200 valence electrons. The second-order valence-corrected chi connectivity index (χ2v) is 13.4. The minimum absolute atomic E-state index is 0.0426. The van der Waals surface area contributed by atoms with E-state index in [4.69, 9.17) is 8.75 Å². The van der Waals surface area contributed by atoms with Crippen molar-refractivity contribution in [2.24, 2.45) is 0 Å². The average molecular weight is 549 g/mol. The minimum Gasteiger partial charge on any atom is -0.172 e. The Labute approximate surface area is 246 Å². The maximum Gasteiger partial charge on any atom is 0.113 e. The molecule has 2 aliphatic carbocycles. The van der Waals surface area contributed by atoms with E-state index in [1.807, 2.05) is 0 Å². The molecule has 2 aliphatic rings. The molecule has 0 spiro atoms. The molecule has 0 aliphatic heterocycles. The zero-order valence-electron chi connectivity index (χ0n) is 24.4. The molecule has 3 heteroatoms. The highest BCUT2D eigenvalue weighted by molar-refractivity contribution is 7.00. The largest absolute Gasteiger partial charge is 0.172 e. The van der Waals surface area contributed by atoms with Crippen molar-refractivity contribution in [1.29, 1.82) is 0 Å². The van der Waals surface area contributed by atoms with E-state index in [2.05, 4.69) is 126 Å². The third-order valence-corrected chi connectivity index (χ3v) is 10.5. The molecular weight excluding hydrogens is 516 g/mol. The summed E-state index contributed by atoms with van der Waals surface area (Å²) in [5.41, 5.74) is 20.3. The summed E-state index contributed by atoms with van der Waals surface area (Å²) in [5, 5.41) is 0. The van der Waals surface area contributed by atoms with Gasteiger partial charge in [-0.2, -0.15) is 8.75 Å². The lowest BCUT2D eigenvalue weighted by Gasteiger charge is -2.23. The number of nitrogens with zero attached hydrogens (tertiary/aromatic N) is 2. The maximum absolute atomic E-state index is 4.92. The number of hydrogen-bond acceptors (Lipinski definition) is 3. The molecule has 0 fully saturated rings. The topological polar surface area (TPSA) is 25.8 Å². The lowest BCUT2D eigenvalue weighted by molar-refractivity contribution is 0.660. The Bertz CT molecular complexity index is 1930. The molecular formula is C38H32N2S. The SMILES string of the molecule is Cc1c(C)c(-c2ccc3c(c2)C(C)(C)c2ccccc2-3)c2nsnc2c1-c1ccc2c(c1)C(C)(C)c1ccccc1-2. The van der Waals surface area contributed by atoms with Crippen LogP contribution in [-0.4, -0.2) is 8.75 Å². The predicted molar refractivity (Wildman–Crippen MR) is 173 cm³/mol. The van der Waals surface area contributed by atoms with Gasteiger partial charge < -0.3 is 0 Å². The fourth-order valence-electron chi connectivity index (χ4n) is 7.67. The summed E-state index contributed by atoms with van der Waals surface area (Å²) in [6.45, 7) is 13.9. The van der Waals surface area contributed by atoms with E-state index in [0.717, 1.165) is 11.0 Å². The molecule has 8 rings (SSSR count). The summed E-state index contributed by atoms with van der Waals surface area (Å²) < 4.78 is 9.83. The van der Waals surface area contributed by atoms with Crippen LogP contribution in [0.2, 0.25) is 0 Å². The summed E-state index contributed by atoms with van der Waals surface area (Å²) in [4.78, 5) is 0. The van der Waals surface area contributed by atoms with Gasteiger partial charge in [-0.15, -0.1) is 0 Å². The van der Waals surface area contributed by atoms with Crippen molar-refractivity contribution in [3.8, 4) is 44.5 Å². The molecule has 0 bridgehead atoms. The summed E-state index contributed by atoms with van der Waals surface area (Å²) >= 11 is 1.32. The van der Waals surface area contributed by atoms with Crippen molar-refractivity contribution in [3.05, 3.63) is 118 Å².